The summed E-state index contributed by atoms with van der Waals surface area (Å²) in [5.41, 5.74) is 8.54. The number of para-hydroxylation sites is 2. The van der Waals surface area contributed by atoms with Gasteiger partial charge in [-0.2, -0.15) is 0 Å². The SMILES string of the molecule is Cc1ccccc1-n1c(=O)n(Cc2ccccc2N)c(=O)c2[nH]cnc21. The molecular formula is C19H17N5O2. The van der Waals surface area contributed by atoms with Gasteiger partial charge in [0.1, 0.15) is 5.52 Å². The van der Waals surface area contributed by atoms with Crippen LogP contribution in [0.15, 0.2) is 64.4 Å². The molecule has 0 saturated heterocycles. The van der Waals surface area contributed by atoms with Crippen molar-refractivity contribution in [2.24, 2.45) is 0 Å². The highest BCUT2D eigenvalue weighted by Crippen LogP contribution is 2.16. The average Bonchev–Trinajstić information content (AvgIpc) is 3.11. The molecule has 7 heteroatoms. The number of nitrogens with zero attached hydrogens (tertiary/aromatic N) is 3. The quantitative estimate of drug-likeness (QED) is 0.552. The zero-order chi connectivity index (χ0) is 18.3. The summed E-state index contributed by atoms with van der Waals surface area (Å²) in [6, 6.07) is 14.7. The predicted octanol–water partition coefficient (Wildman–Crippen LogP) is 1.81. The number of hydrogen-bond acceptors (Lipinski definition) is 4. The number of aromatic amines is 1. The van der Waals surface area contributed by atoms with Gasteiger partial charge >= 0.3 is 5.69 Å². The molecule has 2 aromatic carbocycles. The summed E-state index contributed by atoms with van der Waals surface area (Å²) in [5, 5.41) is 0. The van der Waals surface area contributed by atoms with E-state index in [0.29, 0.717) is 22.6 Å². The van der Waals surface area contributed by atoms with E-state index in [4.69, 9.17) is 5.73 Å². The summed E-state index contributed by atoms with van der Waals surface area (Å²) >= 11 is 0. The molecule has 0 atom stereocenters. The lowest BCUT2D eigenvalue weighted by Crippen LogP contribution is -2.40. The fourth-order valence-corrected chi connectivity index (χ4v) is 3.07. The molecular weight excluding hydrogens is 330 g/mol. The van der Waals surface area contributed by atoms with Gasteiger partial charge in [0, 0.05) is 5.69 Å². The number of nitrogen functional groups attached to an aromatic ring is 1. The Morgan fingerprint density at radius 1 is 1.08 bits per heavy atom. The number of nitrogens with two attached hydrogens (primary N) is 1. The van der Waals surface area contributed by atoms with Gasteiger partial charge in [-0.3, -0.25) is 9.36 Å². The average molecular weight is 347 g/mol. The lowest BCUT2D eigenvalue weighted by molar-refractivity contribution is 0.683. The van der Waals surface area contributed by atoms with Crippen LogP contribution in [-0.4, -0.2) is 19.1 Å². The molecule has 0 spiro atoms. The normalized spacial score (nSPS) is 11.1. The molecule has 0 aliphatic heterocycles. The number of hydrogen-bond donors (Lipinski definition) is 2. The topological polar surface area (TPSA) is 98.7 Å². The van der Waals surface area contributed by atoms with E-state index in [2.05, 4.69) is 9.97 Å². The smallest absolute Gasteiger partial charge is 0.337 e. The highest BCUT2D eigenvalue weighted by Gasteiger charge is 2.18. The Labute approximate surface area is 148 Å². The van der Waals surface area contributed by atoms with E-state index in [0.717, 1.165) is 5.56 Å². The maximum absolute atomic E-state index is 13.2. The molecule has 7 nitrogen and oxygen atoms in total. The minimum Gasteiger partial charge on any atom is -0.398 e. The Bertz CT molecular complexity index is 1230. The first-order valence-electron chi connectivity index (χ1n) is 8.16. The Morgan fingerprint density at radius 3 is 2.58 bits per heavy atom. The van der Waals surface area contributed by atoms with E-state index < -0.39 is 11.2 Å². The third-order valence-electron chi connectivity index (χ3n) is 4.45. The molecule has 0 fully saturated rings. The molecule has 4 rings (SSSR count). The van der Waals surface area contributed by atoms with Crippen LogP contribution in [0.1, 0.15) is 11.1 Å². The summed E-state index contributed by atoms with van der Waals surface area (Å²) in [7, 11) is 0. The third-order valence-corrected chi connectivity index (χ3v) is 4.45. The van der Waals surface area contributed by atoms with Crippen molar-refractivity contribution in [3.05, 3.63) is 86.8 Å². The van der Waals surface area contributed by atoms with Gasteiger partial charge in [0.2, 0.25) is 0 Å². The molecule has 0 unspecified atom stereocenters. The van der Waals surface area contributed by atoms with E-state index in [9.17, 15) is 9.59 Å². The summed E-state index contributed by atoms with van der Waals surface area (Å²) in [4.78, 5) is 33.1. The molecule has 0 aliphatic carbocycles. The Balaban J connectivity index is 2.04. The van der Waals surface area contributed by atoms with Crippen LogP contribution in [0.5, 0.6) is 0 Å². The van der Waals surface area contributed by atoms with Gasteiger partial charge < -0.3 is 10.7 Å². The van der Waals surface area contributed by atoms with Crippen LogP contribution in [0.3, 0.4) is 0 Å². The molecule has 26 heavy (non-hydrogen) atoms. The monoisotopic (exact) mass is 347 g/mol. The minimum atomic E-state index is -0.452. The summed E-state index contributed by atoms with van der Waals surface area (Å²) in [6.07, 6.45) is 1.42. The van der Waals surface area contributed by atoms with E-state index in [1.807, 2.05) is 43.3 Å². The number of imidazole rings is 1. The first kappa shape index (κ1) is 15.9. The molecule has 0 saturated carbocycles. The molecule has 0 amide bonds. The number of anilines is 1. The molecule has 3 N–H and O–H groups in total. The number of H-pyrrole nitrogens is 1. The van der Waals surface area contributed by atoms with Gasteiger partial charge in [0.15, 0.2) is 5.65 Å². The van der Waals surface area contributed by atoms with Crippen molar-refractivity contribution in [1.29, 1.82) is 0 Å². The van der Waals surface area contributed by atoms with Gasteiger partial charge in [-0.1, -0.05) is 36.4 Å². The molecule has 130 valence electrons. The van der Waals surface area contributed by atoms with E-state index in [1.165, 1.54) is 15.5 Å². The van der Waals surface area contributed by atoms with Crippen LogP contribution < -0.4 is 17.0 Å². The van der Waals surface area contributed by atoms with Crippen LogP contribution in [0.4, 0.5) is 5.69 Å². The van der Waals surface area contributed by atoms with Gasteiger partial charge in [-0.25, -0.2) is 14.3 Å². The van der Waals surface area contributed by atoms with Crippen molar-refractivity contribution < 1.29 is 0 Å². The maximum atomic E-state index is 13.2. The first-order valence-corrected chi connectivity index (χ1v) is 8.16. The van der Waals surface area contributed by atoms with Crippen LogP contribution in [0.25, 0.3) is 16.9 Å². The number of aryl methyl sites for hydroxylation is 1. The second kappa shape index (κ2) is 6.03. The molecule has 2 heterocycles. The summed E-state index contributed by atoms with van der Waals surface area (Å²) in [6.45, 7) is 2.00. The highest BCUT2D eigenvalue weighted by molar-refractivity contribution is 5.71. The Morgan fingerprint density at radius 2 is 1.81 bits per heavy atom. The molecule has 0 radical (unpaired) electrons. The fourth-order valence-electron chi connectivity index (χ4n) is 3.07. The van der Waals surface area contributed by atoms with Crippen LogP contribution in [-0.2, 0) is 6.54 Å². The van der Waals surface area contributed by atoms with E-state index in [1.54, 1.807) is 12.1 Å². The second-order valence-electron chi connectivity index (χ2n) is 6.10. The van der Waals surface area contributed by atoms with Crippen LogP contribution in [0.2, 0.25) is 0 Å². The van der Waals surface area contributed by atoms with Gasteiger partial charge in [0.05, 0.1) is 18.6 Å². The van der Waals surface area contributed by atoms with E-state index in [-0.39, 0.29) is 12.1 Å². The lowest BCUT2D eigenvalue weighted by atomic mass is 10.2. The number of rotatable bonds is 3. The largest absolute Gasteiger partial charge is 0.398 e. The molecule has 0 bridgehead atoms. The van der Waals surface area contributed by atoms with Crippen molar-refractivity contribution in [3.8, 4) is 5.69 Å². The van der Waals surface area contributed by atoms with Crippen LogP contribution in [0, 0.1) is 6.92 Å². The highest BCUT2D eigenvalue weighted by atomic mass is 16.2. The number of benzene rings is 2. The number of fused-ring (bicyclic) bond motifs is 1. The Hall–Kier alpha value is -3.61. The van der Waals surface area contributed by atoms with Crippen molar-refractivity contribution in [1.82, 2.24) is 19.1 Å². The lowest BCUT2D eigenvalue weighted by Gasteiger charge is -2.14. The molecule has 0 aliphatic rings. The van der Waals surface area contributed by atoms with Crippen LogP contribution >= 0.6 is 0 Å². The van der Waals surface area contributed by atoms with Gasteiger partial charge in [-0.05, 0) is 30.2 Å². The first-order chi connectivity index (χ1) is 12.6. The van der Waals surface area contributed by atoms with Crippen molar-refractivity contribution in [3.63, 3.8) is 0 Å². The number of nitrogens with one attached hydrogen (secondary N) is 1. The Kier molecular flexibility index (Phi) is 3.69. The number of aromatic nitrogens is 4. The van der Waals surface area contributed by atoms with Crippen molar-refractivity contribution in [2.75, 3.05) is 5.73 Å². The molecule has 4 aromatic rings. The molecule has 2 aromatic heterocycles. The standard InChI is InChI=1S/C19H17N5O2/c1-12-6-2-5-9-15(12)24-17-16(21-11-22-17)18(25)23(19(24)26)10-13-7-3-4-8-14(13)20/h2-9,11H,10,20H2,1H3,(H,21,22). The zero-order valence-electron chi connectivity index (χ0n) is 14.1. The van der Waals surface area contributed by atoms with Crippen molar-refractivity contribution in [2.45, 2.75) is 13.5 Å². The fraction of sp³-hybridized carbons (Fsp3) is 0.105. The van der Waals surface area contributed by atoms with Gasteiger partial charge in [0.25, 0.3) is 5.56 Å². The maximum Gasteiger partial charge on any atom is 0.337 e. The third kappa shape index (κ3) is 2.41. The summed E-state index contributed by atoms with van der Waals surface area (Å²) in [5.74, 6) is 0. The zero-order valence-corrected chi connectivity index (χ0v) is 14.1. The van der Waals surface area contributed by atoms with Gasteiger partial charge in [-0.15, -0.1) is 0 Å². The predicted molar refractivity (Wildman–Crippen MR) is 101 cm³/mol. The summed E-state index contributed by atoms with van der Waals surface area (Å²) < 4.78 is 2.64. The minimum absolute atomic E-state index is 0.0885. The second-order valence-corrected chi connectivity index (χ2v) is 6.10. The van der Waals surface area contributed by atoms with E-state index >= 15 is 0 Å². The van der Waals surface area contributed by atoms with Crippen molar-refractivity contribution >= 4 is 16.9 Å².